The van der Waals surface area contributed by atoms with Gasteiger partial charge in [-0.3, -0.25) is 0 Å². The zero-order valence-corrected chi connectivity index (χ0v) is 11.1. The van der Waals surface area contributed by atoms with Gasteiger partial charge in [0, 0.05) is 18.9 Å². The number of rotatable bonds is 4. The Labute approximate surface area is 113 Å². The van der Waals surface area contributed by atoms with Gasteiger partial charge in [-0.25, -0.2) is 9.97 Å². The molecule has 4 nitrogen and oxygen atoms in total. The number of anilines is 1. The fourth-order valence-corrected chi connectivity index (χ4v) is 1.76. The van der Waals surface area contributed by atoms with Gasteiger partial charge in [0.15, 0.2) is 11.5 Å². The van der Waals surface area contributed by atoms with Gasteiger partial charge >= 0.3 is 0 Å². The Balaban J connectivity index is 2.04. The molecule has 0 saturated carbocycles. The Morgan fingerprint density at radius 1 is 1.16 bits per heavy atom. The van der Waals surface area contributed by atoms with Crippen molar-refractivity contribution in [3.63, 3.8) is 0 Å². The Kier molecular flexibility index (Phi) is 4.09. The van der Waals surface area contributed by atoms with Gasteiger partial charge < -0.3 is 5.32 Å². The number of aromatic nitrogens is 2. The molecule has 0 radical (unpaired) electrons. The van der Waals surface area contributed by atoms with Crippen LogP contribution in [0.15, 0.2) is 36.7 Å². The predicted molar refractivity (Wildman–Crippen MR) is 74.6 cm³/mol. The lowest BCUT2D eigenvalue weighted by Gasteiger charge is -2.08. The Morgan fingerprint density at radius 2 is 1.84 bits per heavy atom. The molecular formula is C15H16N4. The van der Waals surface area contributed by atoms with Crippen LogP contribution in [0.25, 0.3) is 0 Å². The highest BCUT2D eigenvalue weighted by molar-refractivity contribution is 5.47. The van der Waals surface area contributed by atoms with Gasteiger partial charge in [-0.2, -0.15) is 5.26 Å². The van der Waals surface area contributed by atoms with Gasteiger partial charge in [-0.1, -0.05) is 38.1 Å². The highest BCUT2D eigenvalue weighted by atomic mass is 15.0. The minimum atomic E-state index is 0.321. The minimum absolute atomic E-state index is 0.321. The first kappa shape index (κ1) is 13.0. The van der Waals surface area contributed by atoms with Crippen molar-refractivity contribution in [3.05, 3.63) is 53.5 Å². The van der Waals surface area contributed by atoms with E-state index in [0.717, 1.165) is 5.56 Å². The molecule has 0 unspecified atom stereocenters. The van der Waals surface area contributed by atoms with E-state index in [1.54, 1.807) is 6.20 Å². The molecule has 1 aromatic carbocycles. The van der Waals surface area contributed by atoms with E-state index in [9.17, 15) is 0 Å². The number of hydrogen-bond donors (Lipinski definition) is 1. The normalized spacial score (nSPS) is 10.2. The van der Waals surface area contributed by atoms with Gasteiger partial charge in [0.1, 0.15) is 6.07 Å². The smallest absolute Gasteiger partial charge is 0.182 e. The molecule has 2 rings (SSSR count). The van der Waals surface area contributed by atoms with E-state index in [-0.39, 0.29) is 0 Å². The summed E-state index contributed by atoms with van der Waals surface area (Å²) in [7, 11) is 0. The molecule has 0 bridgehead atoms. The Hall–Kier alpha value is -2.41. The van der Waals surface area contributed by atoms with Gasteiger partial charge in [0.05, 0.1) is 0 Å². The van der Waals surface area contributed by atoms with Crippen LogP contribution in [0, 0.1) is 11.3 Å². The number of benzene rings is 1. The molecule has 4 heteroatoms. The summed E-state index contributed by atoms with van der Waals surface area (Å²) in [5.41, 5.74) is 2.79. The van der Waals surface area contributed by atoms with E-state index in [2.05, 4.69) is 53.4 Å². The standard InChI is InChI=1S/C15H16N4/c1-11(2)13-5-3-12(4-6-13)10-19-15-14(9-16)17-7-8-18-15/h3-8,11H,10H2,1-2H3,(H,18,19). The summed E-state index contributed by atoms with van der Waals surface area (Å²) in [5.74, 6) is 1.06. The number of nitrogens with zero attached hydrogens (tertiary/aromatic N) is 3. The maximum atomic E-state index is 8.92. The third kappa shape index (κ3) is 3.29. The highest BCUT2D eigenvalue weighted by Crippen LogP contribution is 2.15. The zero-order valence-electron chi connectivity index (χ0n) is 11.1. The molecule has 0 spiro atoms. The van der Waals surface area contributed by atoms with Crippen molar-refractivity contribution in [1.29, 1.82) is 5.26 Å². The van der Waals surface area contributed by atoms with Crippen LogP contribution in [0.4, 0.5) is 5.82 Å². The topological polar surface area (TPSA) is 61.6 Å². The first-order valence-corrected chi connectivity index (χ1v) is 6.24. The lowest BCUT2D eigenvalue weighted by Crippen LogP contribution is -2.04. The van der Waals surface area contributed by atoms with Crippen LogP contribution in [0.2, 0.25) is 0 Å². The third-order valence-electron chi connectivity index (χ3n) is 2.91. The number of nitriles is 1. The van der Waals surface area contributed by atoms with E-state index in [4.69, 9.17) is 5.26 Å². The van der Waals surface area contributed by atoms with Gasteiger partial charge in [-0.05, 0) is 17.0 Å². The second-order valence-electron chi connectivity index (χ2n) is 4.62. The van der Waals surface area contributed by atoms with Crippen LogP contribution in [0.3, 0.4) is 0 Å². The Bertz CT molecular complexity index is 582. The molecule has 0 aliphatic carbocycles. The van der Waals surface area contributed by atoms with Crippen molar-refractivity contribution in [3.8, 4) is 6.07 Å². The highest BCUT2D eigenvalue weighted by Gasteiger charge is 2.04. The summed E-state index contributed by atoms with van der Waals surface area (Å²) in [6.07, 6.45) is 3.09. The maximum absolute atomic E-state index is 8.92. The van der Waals surface area contributed by atoms with E-state index in [1.807, 2.05) is 6.07 Å². The summed E-state index contributed by atoms with van der Waals surface area (Å²) in [4.78, 5) is 8.07. The van der Waals surface area contributed by atoms with Gasteiger partial charge in [0.2, 0.25) is 0 Å². The monoisotopic (exact) mass is 252 g/mol. The molecule has 1 aromatic heterocycles. The maximum Gasteiger partial charge on any atom is 0.182 e. The molecule has 96 valence electrons. The summed E-state index contributed by atoms with van der Waals surface area (Å²) in [5, 5.41) is 12.1. The molecule has 1 N–H and O–H groups in total. The summed E-state index contributed by atoms with van der Waals surface area (Å²) < 4.78 is 0. The summed E-state index contributed by atoms with van der Waals surface area (Å²) >= 11 is 0. The van der Waals surface area contributed by atoms with Gasteiger partial charge in [0.25, 0.3) is 0 Å². The molecular weight excluding hydrogens is 236 g/mol. The summed E-state index contributed by atoms with van der Waals surface area (Å²) in [6.45, 7) is 4.98. The van der Waals surface area contributed by atoms with Crippen molar-refractivity contribution in [2.75, 3.05) is 5.32 Å². The van der Waals surface area contributed by atoms with E-state index >= 15 is 0 Å². The number of hydrogen-bond acceptors (Lipinski definition) is 4. The quantitative estimate of drug-likeness (QED) is 0.908. The lowest BCUT2D eigenvalue weighted by molar-refractivity contribution is 0.865. The molecule has 0 fully saturated rings. The van der Waals surface area contributed by atoms with E-state index in [1.165, 1.54) is 11.8 Å². The first-order valence-electron chi connectivity index (χ1n) is 6.24. The summed E-state index contributed by atoms with van der Waals surface area (Å²) in [6, 6.07) is 10.5. The van der Waals surface area contributed by atoms with Crippen LogP contribution in [0.1, 0.15) is 36.6 Å². The first-order chi connectivity index (χ1) is 9.20. The van der Waals surface area contributed by atoms with E-state index in [0.29, 0.717) is 24.0 Å². The molecule has 0 aliphatic heterocycles. The van der Waals surface area contributed by atoms with Crippen LogP contribution in [-0.2, 0) is 6.54 Å². The lowest BCUT2D eigenvalue weighted by atomic mass is 10.0. The molecule has 1 heterocycles. The molecule has 2 aromatic rings. The predicted octanol–water partition coefficient (Wildman–Crippen LogP) is 3.08. The molecule has 0 aliphatic rings. The average molecular weight is 252 g/mol. The Morgan fingerprint density at radius 3 is 2.47 bits per heavy atom. The van der Waals surface area contributed by atoms with Crippen LogP contribution < -0.4 is 5.32 Å². The second-order valence-corrected chi connectivity index (χ2v) is 4.62. The molecule has 0 atom stereocenters. The van der Waals surface area contributed by atoms with Crippen molar-refractivity contribution in [2.24, 2.45) is 0 Å². The van der Waals surface area contributed by atoms with E-state index < -0.39 is 0 Å². The molecule has 0 saturated heterocycles. The van der Waals surface area contributed by atoms with Crippen molar-refractivity contribution in [1.82, 2.24) is 9.97 Å². The second kappa shape index (κ2) is 5.96. The fraction of sp³-hybridized carbons (Fsp3) is 0.267. The van der Waals surface area contributed by atoms with Crippen LogP contribution in [0.5, 0.6) is 0 Å². The van der Waals surface area contributed by atoms with Crippen LogP contribution >= 0.6 is 0 Å². The van der Waals surface area contributed by atoms with Crippen molar-refractivity contribution < 1.29 is 0 Å². The number of nitrogens with one attached hydrogen (secondary N) is 1. The largest absolute Gasteiger partial charge is 0.364 e. The van der Waals surface area contributed by atoms with Crippen molar-refractivity contribution in [2.45, 2.75) is 26.3 Å². The average Bonchev–Trinajstić information content (AvgIpc) is 2.45. The zero-order chi connectivity index (χ0) is 13.7. The third-order valence-corrected chi connectivity index (χ3v) is 2.91. The van der Waals surface area contributed by atoms with Crippen molar-refractivity contribution >= 4 is 5.82 Å². The fourth-order valence-electron chi connectivity index (χ4n) is 1.76. The minimum Gasteiger partial charge on any atom is -0.364 e. The molecule has 0 amide bonds. The SMILES string of the molecule is CC(C)c1ccc(CNc2nccnc2C#N)cc1. The molecule has 19 heavy (non-hydrogen) atoms. The van der Waals surface area contributed by atoms with Gasteiger partial charge in [-0.15, -0.1) is 0 Å². The van der Waals surface area contributed by atoms with Crippen LogP contribution in [-0.4, -0.2) is 9.97 Å².